The molecule has 1 rings (SSSR count). The van der Waals surface area contributed by atoms with E-state index < -0.39 is 16.6 Å². The molecule has 3 radical (unpaired) electrons. The molecule has 0 aromatic heterocycles. The first-order valence-corrected chi connectivity index (χ1v) is 17.5. The van der Waals surface area contributed by atoms with Crippen LogP contribution in [0.3, 0.4) is 0 Å². The second-order valence-corrected chi connectivity index (χ2v) is 18.7. The summed E-state index contributed by atoms with van der Waals surface area (Å²) in [7, 11) is 2.69. The first-order valence-electron chi connectivity index (χ1n) is 11.7. The second kappa shape index (κ2) is 11.6. The molecular formula is C21H47NO2Si3+. The van der Waals surface area contributed by atoms with Crippen molar-refractivity contribution in [3.8, 4) is 0 Å². The molecule has 0 aromatic rings. The van der Waals surface area contributed by atoms with Gasteiger partial charge in [0.05, 0.1) is 19.6 Å². The van der Waals surface area contributed by atoms with Gasteiger partial charge in [-0.15, -0.1) is 0 Å². The van der Waals surface area contributed by atoms with E-state index in [-0.39, 0.29) is 6.41 Å². The van der Waals surface area contributed by atoms with Crippen LogP contribution in [0.2, 0.25) is 42.3 Å². The van der Waals surface area contributed by atoms with Gasteiger partial charge < -0.3 is 8.85 Å². The van der Waals surface area contributed by atoms with Crippen LogP contribution in [-0.4, -0.2) is 57.4 Å². The summed E-state index contributed by atoms with van der Waals surface area (Å²) in [5.41, 5.74) is 0. The average Bonchev–Trinajstić information content (AvgIpc) is 3.09. The van der Waals surface area contributed by atoms with Gasteiger partial charge in [0.15, 0.2) is 0 Å². The van der Waals surface area contributed by atoms with Crippen LogP contribution in [0.25, 0.3) is 0 Å². The van der Waals surface area contributed by atoms with Crippen molar-refractivity contribution < 1.29 is 13.3 Å². The van der Waals surface area contributed by atoms with Gasteiger partial charge in [0, 0.05) is 23.1 Å². The van der Waals surface area contributed by atoms with Crippen molar-refractivity contribution in [2.75, 3.05) is 13.6 Å². The molecule has 0 amide bonds. The number of hydrogen-bond donors (Lipinski definition) is 0. The van der Waals surface area contributed by atoms with E-state index in [0.717, 1.165) is 10.5 Å². The van der Waals surface area contributed by atoms with E-state index >= 15 is 0 Å². The van der Waals surface area contributed by atoms with Crippen LogP contribution < -0.4 is 0 Å². The smallest absolute Gasteiger partial charge is 0.290 e. The zero-order chi connectivity index (χ0) is 20.6. The Kier molecular flexibility index (Phi) is 11.0. The molecule has 1 aliphatic rings. The molecule has 1 fully saturated rings. The maximum Gasteiger partial charge on any atom is 0.290 e. The second-order valence-electron chi connectivity index (χ2n) is 8.79. The standard InChI is InChI=1S/C21H47NO2Si3/c1-8-26(9-2,10-3)23-21(24-27(11-4,12-5)13-6)22(7)18-14-16-20(22)17-15-19-25/h20-21H,8-19H2,1-7H3/q+1. The Morgan fingerprint density at radius 1 is 0.889 bits per heavy atom. The molecule has 0 spiro atoms. The summed E-state index contributed by atoms with van der Waals surface area (Å²) in [6.45, 7) is 15.2. The van der Waals surface area contributed by atoms with E-state index in [1.54, 1.807) is 0 Å². The third-order valence-electron chi connectivity index (χ3n) is 7.77. The highest BCUT2D eigenvalue weighted by Crippen LogP contribution is 2.38. The molecule has 27 heavy (non-hydrogen) atoms. The lowest BCUT2D eigenvalue weighted by atomic mass is 10.1. The third kappa shape index (κ3) is 6.01. The van der Waals surface area contributed by atoms with Crippen molar-refractivity contribution >= 4 is 26.9 Å². The van der Waals surface area contributed by atoms with E-state index in [1.165, 1.54) is 68.5 Å². The first-order chi connectivity index (χ1) is 12.8. The van der Waals surface area contributed by atoms with E-state index in [4.69, 9.17) is 8.85 Å². The van der Waals surface area contributed by atoms with Gasteiger partial charge >= 0.3 is 0 Å². The van der Waals surface area contributed by atoms with Crippen molar-refractivity contribution in [1.82, 2.24) is 0 Å². The number of quaternary nitrogens is 1. The Hall–Kier alpha value is 0.531. The maximum absolute atomic E-state index is 7.16. The summed E-state index contributed by atoms with van der Waals surface area (Å²) in [5.74, 6) is 0. The van der Waals surface area contributed by atoms with Crippen LogP contribution >= 0.6 is 0 Å². The Bertz CT molecular complexity index is 378. The minimum atomic E-state index is -1.72. The molecule has 159 valence electrons. The molecule has 0 N–H and O–H groups in total. The van der Waals surface area contributed by atoms with Gasteiger partial charge in [-0.3, -0.25) is 4.48 Å². The normalized spacial score (nSPS) is 24.1. The van der Waals surface area contributed by atoms with Gasteiger partial charge in [0.1, 0.15) is 0 Å². The van der Waals surface area contributed by atoms with Crippen LogP contribution in [-0.2, 0) is 8.85 Å². The number of hydrogen-bond acceptors (Lipinski definition) is 2. The summed E-state index contributed by atoms with van der Waals surface area (Å²) >= 11 is 0. The molecule has 0 aliphatic carbocycles. The van der Waals surface area contributed by atoms with Crippen molar-refractivity contribution in [2.24, 2.45) is 0 Å². The molecule has 1 heterocycles. The predicted molar refractivity (Wildman–Crippen MR) is 124 cm³/mol. The predicted octanol–water partition coefficient (Wildman–Crippen LogP) is 6.29. The van der Waals surface area contributed by atoms with Crippen molar-refractivity contribution in [3.63, 3.8) is 0 Å². The van der Waals surface area contributed by atoms with Crippen LogP contribution in [0.5, 0.6) is 0 Å². The van der Waals surface area contributed by atoms with Crippen LogP contribution in [0.1, 0.15) is 67.2 Å². The lowest BCUT2D eigenvalue weighted by molar-refractivity contribution is -0.982. The van der Waals surface area contributed by atoms with Crippen LogP contribution in [0, 0.1) is 0 Å². The molecule has 2 unspecified atom stereocenters. The molecule has 1 saturated heterocycles. The topological polar surface area (TPSA) is 18.5 Å². The molecule has 1 aliphatic heterocycles. The van der Waals surface area contributed by atoms with E-state index in [1.807, 2.05) is 0 Å². The van der Waals surface area contributed by atoms with Gasteiger partial charge in [0.2, 0.25) is 16.6 Å². The largest absolute Gasteiger partial charge is 0.349 e. The van der Waals surface area contributed by atoms with Gasteiger partial charge in [0.25, 0.3) is 6.41 Å². The summed E-state index contributed by atoms with van der Waals surface area (Å²) in [6.07, 6.45) is 5.12. The minimum Gasteiger partial charge on any atom is -0.349 e. The van der Waals surface area contributed by atoms with Gasteiger partial charge in [-0.1, -0.05) is 54.0 Å². The van der Waals surface area contributed by atoms with Gasteiger partial charge in [-0.25, -0.2) is 0 Å². The highest BCUT2D eigenvalue weighted by atomic mass is 28.4. The average molecular weight is 430 g/mol. The number of nitrogens with zero attached hydrogens (tertiary/aromatic N) is 1. The fraction of sp³-hybridized carbons (Fsp3) is 1.00. The monoisotopic (exact) mass is 429 g/mol. The lowest BCUT2D eigenvalue weighted by Crippen LogP contribution is -2.63. The SMILES string of the molecule is CC[Si](CC)(CC)OC(O[Si](CC)(CC)CC)[N+]1(C)CCCC1CCC[Si]. The zero-order valence-electron chi connectivity index (χ0n) is 19.4. The minimum absolute atomic E-state index is 0.0368. The first kappa shape index (κ1) is 25.6. The summed E-state index contributed by atoms with van der Waals surface area (Å²) < 4.78 is 15.3. The van der Waals surface area contributed by atoms with Gasteiger partial charge in [-0.2, -0.15) is 0 Å². The zero-order valence-corrected chi connectivity index (χ0v) is 22.4. The molecule has 3 nitrogen and oxygen atoms in total. The lowest BCUT2D eigenvalue weighted by Gasteiger charge is -2.48. The molecule has 2 atom stereocenters. The summed E-state index contributed by atoms with van der Waals surface area (Å²) in [5, 5.41) is 0. The number of rotatable bonds is 14. The quantitative estimate of drug-likeness (QED) is 0.183. The van der Waals surface area contributed by atoms with E-state index in [2.05, 4.69) is 58.8 Å². The van der Waals surface area contributed by atoms with Crippen LogP contribution in [0.15, 0.2) is 0 Å². The van der Waals surface area contributed by atoms with Gasteiger partial charge in [-0.05, 0) is 42.7 Å². The molecular weight excluding hydrogens is 382 g/mol. The summed E-state index contributed by atoms with van der Waals surface area (Å²) in [4.78, 5) is 0. The van der Waals surface area contributed by atoms with Crippen molar-refractivity contribution in [2.45, 2.75) is 122 Å². The molecule has 0 saturated carbocycles. The number of likely N-dealkylation sites (tertiary alicyclic amines) is 1. The maximum atomic E-state index is 7.16. The Morgan fingerprint density at radius 2 is 1.33 bits per heavy atom. The fourth-order valence-corrected chi connectivity index (χ4v) is 10.6. The Labute approximate surface area is 175 Å². The summed E-state index contributed by atoms with van der Waals surface area (Å²) in [6, 6.07) is 8.97. The third-order valence-corrected chi connectivity index (χ3v) is 17.3. The molecule has 0 aromatic carbocycles. The fourth-order valence-electron chi connectivity index (χ4n) is 4.89. The molecule has 0 bridgehead atoms. The molecule has 6 heteroatoms. The van der Waals surface area contributed by atoms with Crippen molar-refractivity contribution in [3.05, 3.63) is 0 Å². The van der Waals surface area contributed by atoms with Crippen molar-refractivity contribution in [1.29, 1.82) is 0 Å². The Morgan fingerprint density at radius 3 is 1.70 bits per heavy atom. The van der Waals surface area contributed by atoms with E-state index in [0.29, 0.717) is 6.04 Å². The Balaban J connectivity index is 3.23. The van der Waals surface area contributed by atoms with E-state index in [9.17, 15) is 0 Å². The highest BCUT2D eigenvalue weighted by molar-refractivity contribution is 6.74. The highest BCUT2D eigenvalue weighted by Gasteiger charge is 2.51. The van der Waals surface area contributed by atoms with Crippen LogP contribution in [0.4, 0.5) is 0 Å².